The fraction of sp³-hybridized carbons (Fsp3) is 0.235. The molecular weight excluding hydrogens is 390 g/mol. The summed E-state index contributed by atoms with van der Waals surface area (Å²) in [6.45, 7) is 1.80. The fourth-order valence-corrected chi connectivity index (χ4v) is 3.24. The lowest BCUT2D eigenvalue weighted by Crippen LogP contribution is -2.39. The number of carbonyl (C=O) groups excluding carboxylic acids is 2. The first-order valence-corrected chi connectivity index (χ1v) is 9.15. The first-order chi connectivity index (χ1) is 11.5. The number of nitrogens with zero attached hydrogens (tertiary/aromatic N) is 1. The van der Waals surface area contributed by atoms with Gasteiger partial charge in [0.15, 0.2) is 0 Å². The highest BCUT2D eigenvalue weighted by Gasteiger charge is 2.26. The van der Waals surface area contributed by atoms with Crippen LogP contribution in [0.5, 0.6) is 0 Å². The standard InChI is InChI=1S/C17H16BrN3O2S/c1-10(20-21-17(23)16(22)19-13-6-7-13)14-8-9-15(24-14)11-2-4-12(18)5-3-11/h2-5,8-9,13H,6-7H2,1H3,(H,19,22)(H,21,23)/b20-10-. The molecule has 0 unspecified atom stereocenters. The van der Waals surface area contributed by atoms with Gasteiger partial charge in [-0.15, -0.1) is 11.3 Å². The number of halogens is 1. The van der Waals surface area contributed by atoms with Gasteiger partial charge in [0.2, 0.25) is 0 Å². The van der Waals surface area contributed by atoms with E-state index in [4.69, 9.17) is 0 Å². The number of nitrogens with one attached hydrogen (secondary N) is 2. The SMILES string of the molecule is C/C(=N/NC(=O)C(=O)NC1CC1)c1ccc(-c2ccc(Br)cc2)s1. The van der Waals surface area contributed by atoms with Crippen molar-refractivity contribution in [2.24, 2.45) is 5.10 Å². The zero-order valence-electron chi connectivity index (χ0n) is 13.0. The first kappa shape index (κ1) is 16.9. The van der Waals surface area contributed by atoms with Crippen molar-refractivity contribution in [2.45, 2.75) is 25.8 Å². The smallest absolute Gasteiger partial charge is 0.329 e. The lowest BCUT2D eigenvalue weighted by molar-refractivity contribution is -0.139. The number of benzene rings is 1. The van der Waals surface area contributed by atoms with E-state index in [0.29, 0.717) is 5.71 Å². The molecule has 3 rings (SSSR count). The van der Waals surface area contributed by atoms with Crippen molar-refractivity contribution in [3.63, 3.8) is 0 Å². The minimum absolute atomic E-state index is 0.152. The first-order valence-electron chi connectivity index (χ1n) is 7.54. The second-order valence-electron chi connectivity index (χ2n) is 5.56. The summed E-state index contributed by atoms with van der Waals surface area (Å²) in [5.41, 5.74) is 4.09. The molecule has 1 aromatic heterocycles. The van der Waals surface area contributed by atoms with E-state index in [2.05, 4.69) is 31.8 Å². The molecule has 124 valence electrons. The number of amides is 2. The summed E-state index contributed by atoms with van der Waals surface area (Å²) >= 11 is 5.00. The van der Waals surface area contributed by atoms with Crippen LogP contribution in [0.15, 0.2) is 46.0 Å². The Morgan fingerprint density at radius 2 is 1.83 bits per heavy atom. The number of hydrazone groups is 1. The van der Waals surface area contributed by atoms with Gasteiger partial charge >= 0.3 is 11.8 Å². The van der Waals surface area contributed by atoms with Gasteiger partial charge in [-0.1, -0.05) is 28.1 Å². The summed E-state index contributed by atoms with van der Waals surface area (Å²) in [7, 11) is 0. The maximum atomic E-state index is 11.7. The van der Waals surface area contributed by atoms with Gasteiger partial charge in [-0.2, -0.15) is 5.10 Å². The summed E-state index contributed by atoms with van der Waals surface area (Å²) in [5, 5.41) is 6.65. The van der Waals surface area contributed by atoms with Crippen molar-refractivity contribution in [2.75, 3.05) is 0 Å². The van der Waals surface area contributed by atoms with Crippen LogP contribution < -0.4 is 10.7 Å². The third kappa shape index (κ3) is 4.30. The highest BCUT2D eigenvalue weighted by atomic mass is 79.9. The van der Waals surface area contributed by atoms with E-state index in [1.165, 1.54) is 0 Å². The third-order valence-corrected chi connectivity index (χ3v) is 5.31. The van der Waals surface area contributed by atoms with Crippen LogP contribution in [-0.2, 0) is 9.59 Å². The predicted molar refractivity (Wildman–Crippen MR) is 99.0 cm³/mol. The van der Waals surface area contributed by atoms with Crippen molar-refractivity contribution >= 4 is 44.8 Å². The van der Waals surface area contributed by atoms with Crippen molar-refractivity contribution in [3.05, 3.63) is 45.7 Å². The van der Waals surface area contributed by atoms with Crippen molar-refractivity contribution in [3.8, 4) is 10.4 Å². The molecule has 1 aromatic carbocycles. The summed E-state index contributed by atoms with van der Waals surface area (Å²) in [5.74, 6) is -1.36. The molecule has 24 heavy (non-hydrogen) atoms. The van der Waals surface area contributed by atoms with Gasteiger partial charge in [0, 0.05) is 15.4 Å². The minimum atomic E-state index is -0.731. The van der Waals surface area contributed by atoms with E-state index in [9.17, 15) is 9.59 Å². The van der Waals surface area contributed by atoms with Crippen LogP contribution in [0.3, 0.4) is 0 Å². The molecule has 1 aliphatic carbocycles. The normalized spacial score (nSPS) is 14.3. The monoisotopic (exact) mass is 405 g/mol. The molecule has 1 heterocycles. The van der Waals surface area contributed by atoms with E-state index < -0.39 is 11.8 Å². The molecular formula is C17H16BrN3O2S. The Morgan fingerprint density at radius 3 is 2.50 bits per heavy atom. The van der Waals surface area contributed by atoms with Crippen molar-refractivity contribution < 1.29 is 9.59 Å². The Kier molecular flexibility index (Phi) is 5.11. The average Bonchev–Trinajstić information content (AvgIpc) is 3.25. The number of thiophene rings is 1. The average molecular weight is 406 g/mol. The molecule has 1 aliphatic rings. The fourth-order valence-electron chi connectivity index (χ4n) is 2.02. The predicted octanol–water partition coefficient (Wildman–Crippen LogP) is 3.30. The van der Waals surface area contributed by atoms with Crippen LogP contribution in [-0.4, -0.2) is 23.6 Å². The number of hydrogen-bond acceptors (Lipinski definition) is 4. The Balaban J connectivity index is 1.64. The lowest BCUT2D eigenvalue weighted by Gasteiger charge is -2.02. The lowest BCUT2D eigenvalue weighted by atomic mass is 10.2. The Bertz CT molecular complexity index is 794. The van der Waals surface area contributed by atoms with Crippen LogP contribution in [0, 0.1) is 0 Å². The van der Waals surface area contributed by atoms with E-state index in [1.807, 2.05) is 36.4 Å². The van der Waals surface area contributed by atoms with Crippen molar-refractivity contribution in [1.82, 2.24) is 10.7 Å². The van der Waals surface area contributed by atoms with Crippen molar-refractivity contribution in [1.29, 1.82) is 0 Å². The van der Waals surface area contributed by atoms with E-state index in [0.717, 1.165) is 32.6 Å². The Labute approximate surface area is 152 Å². The van der Waals surface area contributed by atoms with Gasteiger partial charge in [-0.05, 0) is 49.6 Å². The van der Waals surface area contributed by atoms with Gasteiger partial charge in [-0.25, -0.2) is 5.43 Å². The summed E-state index contributed by atoms with van der Waals surface area (Å²) in [6.07, 6.45) is 1.88. The number of hydrogen-bond donors (Lipinski definition) is 2. The molecule has 0 spiro atoms. The molecule has 7 heteroatoms. The third-order valence-electron chi connectivity index (χ3n) is 3.54. The summed E-state index contributed by atoms with van der Waals surface area (Å²) in [4.78, 5) is 25.3. The van der Waals surface area contributed by atoms with E-state index in [1.54, 1.807) is 18.3 Å². The molecule has 1 saturated carbocycles. The minimum Gasteiger partial charge on any atom is -0.345 e. The number of carbonyl (C=O) groups is 2. The quantitative estimate of drug-likeness (QED) is 0.465. The second-order valence-corrected chi connectivity index (χ2v) is 7.56. The van der Waals surface area contributed by atoms with Crippen LogP contribution in [0.25, 0.3) is 10.4 Å². The van der Waals surface area contributed by atoms with Gasteiger partial charge in [0.05, 0.1) is 10.6 Å². The maximum Gasteiger partial charge on any atom is 0.329 e. The Hall–Kier alpha value is -1.99. The largest absolute Gasteiger partial charge is 0.345 e. The molecule has 0 bridgehead atoms. The van der Waals surface area contributed by atoms with Gasteiger partial charge < -0.3 is 5.32 Å². The zero-order valence-corrected chi connectivity index (χ0v) is 15.4. The molecule has 0 saturated heterocycles. The second kappa shape index (κ2) is 7.27. The maximum absolute atomic E-state index is 11.7. The summed E-state index contributed by atoms with van der Waals surface area (Å²) in [6, 6.07) is 12.2. The zero-order chi connectivity index (χ0) is 17.1. The van der Waals surface area contributed by atoms with E-state index >= 15 is 0 Å². The summed E-state index contributed by atoms with van der Waals surface area (Å²) < 4.78 is 1.04. The van der Waals surface area contributed by atoms with Crippen LogP contribution in [0.2, 0.25) is 0 Å². The number of rotatable bonds is 4. The van der Waals surface area contributed by atoms with Gasteiger partial charge in [0.25, 0.3) is 0 Å². The van der Waals surface area contributed by atoms with Gasteiger partial charge in [0.1, 0.15) is 0 Å². The molecule has 1 fully saturated rings. The molecule has 0 radical (unpaired) electrons. The molecule has 0 atom stereocenters. The van der Waals surface area contributed by atoms with Gasteiger partial charge in [-0.3, -0.25) is 9.59 Å². The van der Waals surface area contributed by atoms with Crippen LogP contribution in [0.4, 0.5) is 0 Å². The highest BCUT2D eigenvalue weighted by Crippen LogP contribution is 2.29. The van der Waals surface area contributed by atoms with E-state index in [-0.39, 0.29) is 6.04 Å². The molecule has 2 N–H and O–H groups in total. The Morgan fingerprint density at radius 1 is 1.12 bits per heavy atom. The topological polar surface area (TPSA) is 70.6 Å². The van der Waals surface area contributed by atoms with Crippen LogP contribution >= 0.6 is 27.3 Å². The highest BCUT2D eigenvalue weighted by molar-refractivity contribution is 9.10. The molecule has 0 aliphatic heterocycles. The molecule has 2 aromatic rings. The van der Waals surface area contributed by atoms with Crippen LogP contribution in [0.1, 0.15) is 24.6 Å². The molecule has 2 amide bonds. The molecule has 5 nitrogen and oxygen atoms in total.